The minimum atomic E-state index is -0.478. The van der Waals surface area contributed by atoms with Crippen molar-refractivity contribution in [2.24, 2.45) is 5.73 Å². The van der Waals surface area contributed by atoms with E-state index in [0.29, 0.717) is 0 Å². The van der Waals surface area contributed by atoms with E-state index in [-0.39, 0.29) is 18.3 Å². The Kier molecular flexibility index (Phi) is 6.99. The highest BCUT2D eigenvalue weighted by Gasteiger charge is 2.11. The summed E-state index contributed by atoms with van der Waals surface area (Å²) in [6, 6.07) is 7.55. The van der Waals surface area contributed by atoms with E-state index in [2.05, 4.69) is 16.3 Å². The fourth-order valence-electron chi connectivity index (χ4n) is 2.35. The Balaban J connectivity index is 0.00000200. The lowest BCUT2D eigenvalue weighted by Gasteiger charge is -2.15. The van der Waals surface area contributed by atoms with Crippen LogP contribution in [0.25, 0.3) is 0 Å². The van der Waals surface area contributed by atoms with E-state index in [1.165, 1.54) is 31.5 Å². The normalized spacial score (nSPS) is 16.5. The number of rotatable bonds is 5. The quantitative estimate of drug-likeness (QED) is 0.874. The van der Waals surface area contributed by atoms with Gasteiger partial charge in [-0.15, -0.1) is 12.4 Å². The number of amides is 1. The average Bonchev–Trinajstić information content (AvgIpc) is 2.90. The van der Waals surface area contributed by atoms with Gasteiger partial charge in [-0.05, 0) is 57.0 Å². The van der Waals surface area contributed by atoms with Gasteiger partial charge in [0.1, 0.15) is 0 Å². The Morgan fingerprint density at radius 1 is 1.40 bits per heavy atom. The van der Waals surface area contributed by atoms with Crippen LogP contribution in [-0.2, 0) is 11.2 Å². The van der Waals surface area contributed by atoms with Crippen molar-refractivity contribution >= 4 is 24.0 Å². The molecule has 0 bridgehead atoms. The second-order valence-electron chi connectivity index (χ2n) is 5.28. The SMILES string of the molecule is C[C@@H](N)C(=O)Nc1cccc(CCN2CCCC2)c1.Cl. The zero-order valence-electron chi connectivity index (χ0n) is 12.0. The molecule has 0 unspecified atom stereocenters. The topological polar surface area (TPSA) is 58.4 Å². The zero-order valence-corrected chi connectivity index (χ0v) is 12.8. The third-order valence-corrected chi connectivity index (χ3v) is 3.52. The van der Waals surface area contributed by atoms with Crippen molar-refractivity contribution in [2.45, 2.75) is 32.2 Å². The third kappa shape index (κ3) is 5.12. The summed E-state index contributed by atoms with van der Waals surface area (Å²) < 4.78 is 0. The highest BCUT2D eigenvalue weighted by Crippen LogP contribution is 2.13. The molecule has 4 nitrogen and oxygen atoms in total. The number of nitrogens with one attached hydrogen (secondary N) is 1. The monoisotopic (exact) mass is 297 g/mol. The second kappa shape index (κ2) is 8.25. The molecule has 2 rings (SSSR count). The van der Waals surface area contributed by atoms with Crippen molar-refractivity contribution in [3.8, 4) is 0 Å². The third-order valence-electron chi connectivity index (χ3n) is 3.52. The van der Waals surface area contributed by atoms with E-state index >= 15 is 0 Å². The van der Waals surface area contributed by atoms with Gasteiger partial charge in [-0.3, -0.25) is 4.79 Å². The maximum absolute atomic E-state index is 11.5. The maximum atomic E-state index is 11.5. The summed E-state index contributed by atoms with van der Waals surface area (Å²) in [5.74, 6) is -0.142. The Morgan fingerprint density at radius 2 is 2.10 bits per heavy atom. The van der Waals surface area contributed by atoms with Gasteiger partial charge < -0.3 is 16.0 Å². The van der Waals surface area contributed by atoms with E-state index in [0.717, 1.165) is 18.7 Å². The lowest BCUT2D eigenvalue weighted by atomic mass is 10.1. The van der Waals surface area contributed by atoms with Crippen molar-refractivity contribution in [3.05, 3.63) is 29.8 Å². The number of halogens is 1. The predicted molar refractivity (Wildman–Crippen MR) is 85.3 cm³/mol. The van der Waals surface area contributed by atoms with Crippen LogP contribution in [-0.4, -0.2) is 36.5 Å². The van der Waals surface area contributed by atoms with Crippen LogP contribution in [0.4, 0.5) is 5.69 Å². The molecular weight excluding hydrogens is 274 g/mol. The molecule has 1 saturated heterocycles. The molecule has 1 atom stereocenters. The van der Waals surface area contributed by atoms with E-state index in [1.54, 1.807) is 6.92 Å². The molecule has 1 aromatic carbocycles. The van der Waals surface area contributed by atoms with Gasteiger partial charge in [0.2, 0.25) is 5.91 Å². The molecule has 5 heteroatoms. The maximum Gasteiger partial charge on any atom is 0.240 e. The lowest BCUT2D eigenvalue weighted by molar-refractivity contribution is -0.117. The van der Waals surface area contributed by atoms with Gasteiger partial charge >= 0.3 is 0 Å². The minimum absolute atomic E-state index is 0. The number of carbonyl (C=O) groups excluding carboxylic acids is 1. The summed E-state index contributed by atoms with van der Waals surface area (Å²) in [6.45, 7) is 5.24. The standard InChI is InChI=1S/C15H23N3O.ClH/c1-12(16)15(19)17-14-6-4-5-13(11-14)7-10-18-8-2-3-9-18;/h4-6,11-12H,2-3,7-10,16H2,1H3,(H,17,19);1H/t12-;/m1./s1. The molecule has 1 aliphatic heterocycles. The van der Waals surface area contributed by atoms with Crippen LogP contribution in [0.5, 0.6) is 0 Å². The van der Waals surface area contributed by atoms with Crippen molar-refractivity contribution in [2.75, 3.05) is 25.0 Å². The molecule has 1 heterocycles. The number of hydrogen-bond donors (Lipinski definition) is 2. The first-order valence-corrected chi connectivity index (χ1v) is 7.03. The summed E-state index contributed by atoms with van der Waals surface area (Å²) in [6.07, 6.45) is 3.68. The van der Waals surface area contributed by atoms with Crippen LogP contribution < -0.4 is 11.1 Å². The molecule has 112 valence electrons. The average molecular weight is 298 g/mol. The summed E-state index contributed by atoms with van der Waals surface area (Å²) in [7, 11) is 0. The van der Waals surface area contributed by atoms with Gasteiger partial charge in [0.05, 0.1) is 6.04 Å². The number of carbonyl (C=O) groups is 1. The van der Waals surface area contributed by atoms with Crippen LogP contribution in [0.2, 0.25) is 0 Å². The van der Waals surface area contributed by atoms with E-state index in [4.69, 9.17) is 5.73 Å². The highest BCUT2D eigenvalue weighted by molar-refractivity contribution is 5.94. The first kappa shape index (κ1) is 17.0. The fourth-order valence-corrected chi connectivity index (χ4v) is 2.35. The van der Waals surface area contributed by atoms with Crippen molar-refractivity contribution in [3.63, 3.8) is 0 Å². The lowest BCUT2D eigenvalue weighted by Crippen LogP contribution is -2.32. The molecule has 1 amide bonds. The molecule has 0 aromatic heterocycles. The summed E-state index contributed by atoms with van der Waals surface area (Å²) in [4.78, 5) is 14.0. The first-order valence-electron chi connectivity index (χ1n) is 7.03. The van der Waals surface area contributed by atoms with Gasteiger partial charge in [0.25, 0.3) is 0 Å². The Hall–Kier alpha value is -1.10. The molecule has 0 radical (unpaired) electrons. The minimum Gasteiger partial charge on any atom is -0.325 e. The Morgan fingerprint density at radius 3 is 2.75 bits per heavy atom. The van der Waals surface area contributed by atoms with Crippen molar-refractivity contribution in [1.29, 1.82) is 0 Å². The summed E-state index contributed by atoms with van der Waals surface area (Å²) in [5.41, 5.74) is 7.64. The van der Waals surface area contributed by atoms with Gasteiger partial charge in [0.15, 0.2) is 0 Å². The van der Waals surface area contributed by atoms with Crippen molar-refractivity contribution < 1.29 is 4.79 Å². The fraction of sp³-hybridized carbons (Fsp3) is 0.533. The first-order chi connectivity index (χ1) is 9.15. The Labute approximate surface area is 127 Å². The number of nitrogens with two attached hydrogens (primary N) is 1. The van der Waals surface area contributed by atoms with Gasteiger partial charge in [0, 0.05) is 12.2 Å². The summed E-state index contributed by atoms with van der Waals surface area (Å²) >= 11 is 0. The van der Waals surface area contributed by atoms with Crippen LogP contribution in [0.15, 0.2) is 24.3 Å². The number of hydrogen-bond acceptors (Lipinski definition) is 3. The zero-order chi connectivity index (χ0) is 13.7. The molecule has 3 N–H and O–H groups in total. The largest absolute Gasteiger partial charge is 0.325 e. The molecule has 0 spiro atoms. The van der Waals surface area contributed by atoms with Crippen molar-refractivity contribution in [1.82, 2.24) is 4.90 Å². The van der Waals surface area contributed by atoms with Crippen LogP contribution >= 0.6 is 12.4 Å². The molecule has 1 fully saturated rings. The van der Waals surface area contributed by atoms with E-state index < -0.39 is 6.04 Å². The number of benzene rings is 1. The van der Waals surface area contributed by atoms with Gasteiger partial charge in [-0.2, -0.15) is 0 Å². The van der Waals surface area contributed by atoms with Crippen LogP contribution in [0.1, 0.15) is 25.3 Å². The smallest absolute Gasteiger partial charge is 0.240 e. The highest BCUT2D eigenvalue weighted by atomic mass is 35.5. The molecule has 1 aliphatic rings. The Bertz CT molecular complexity index is 431. The molecular formula is C15H24ClN3O. The summed E-state index contributed by atoms with van der Waals surface area (Å²) in [5, 5.41) is 2.83. The van der Waals surface area contributed by atoms with Gasteiger partial charge in [-0.25, -0.2) is 0 Å². The molecule has 0 aliphatic carbocycles. The molecule has 1 aromatic rings. The van der Waals surface area contributed by atoms with Crippen LogP contribution in [0, 0.1) is 0 Å². The second-order valence-corrected chi connectivity index (χ2v) is 5.28. The number of likely N-dealkylation sites (tertiary alicyclic amines) is 1. The number of anilines is 1. The molecule has 0 saturated carbocycles. The van der Waals surface area contributed by atoms with Crippen LogP contribution in [0.3, 0.4) is 0 Å². The van der Waals surface area contributed by atoms with Gasteiger partial charge in [-0.1, -0.05) is 12.1 Å². The molecule has 20 heavy (non-hydrogen) atoms. The predicted octanol–water partition coefficient (Wildman–Crippen LogP) is 2.03. The number of nitrogens with zero attached hydrogens (tertiary/aromatic N) is 1. The van der Waals surface area contributed by atoms with E-state index in [9.17, 15) is 4.79 Å². The van der Waals surface area contributed by atoms with E-state index in [1.807, 2.05) is 18.2 Å².